The molecule has 1 heterocycles. The van der Waals surface area contributed by atoms with Gasteiger partial charge in [0.2, 0.25) is 0 Å². The predicted molar refractivity (Wildman–Crippen MR) is 53.1 cm³/mol. The molecular formula is C9H9N2S. The topological polar surface area (TPSA) is 17.8 Å². The van der Waals surface area contributed by atoms with Gasteiger partial charge in [0.05, 0.1) is 22.7 Å². The van der Waals surface area contributed by atoms with Gasteiger partial charge in [-0.15, -0.1) is 0 Å². The summed E-state index contributed by atoms with van der Waals surface area (Å²) in [5, 5.41) is -0.0719. The summed E-state index contributed by atoms with van der Waals surface area (Å²) >= 11 is 4.24. The molecule has 1 radical (unpaired) electrons. The normalized spacial score (nSPS) is 13.5. The number of rotatable bonds is 1. The molecule has 1 atom stereocenters. The van der Waals surface area contributed by atoms with Gasteiger partial charge >= 0.3 is 0 Å². The van der Waals surface area contributed by atoms with Crippen LogP contribution in [-0.2, 0) is 0 Å². The van der Waals surface area contributed by atoms with E-state index in [1.807, 2.05) is 28.8 Å². The lowest BCUT2D eigenvalue weighted by Crippen LogP contribution is -1.95. The lowest BCUT2D eigenvalue weighted by Gasteiger charge is -2.05. The number of thiol groups is 1. The largest absolute Gasteiger partial charge is 0.318 e. The molecule has 0 saturated carbocycles. The molecule has 1 aromatic carbocycles. The highest BCUT2D eigenvalue weighted by atomic mass is 32.1. The molecule has 61 valence electrons. The lowest BCUT2D eigenvalue weighted by molar-refractivity contribution is 0.829. The second-order valence-electron chi connectivity index (χ2n) is 2.62. The number of para-hydroxylation sites is 2. The van der Waals surface area contributed by atoms with Crippen molar-refractivity contribution in [1.82, 2.24) is 9.55 Å². The molecule has 0 aliphatic heterocycles. The molecule has 0 fully saturated rings. The smallest absolute Gasteiger partial charge is 0.0968 e. The maximum atomic E-state index is 4.24. The number of fused-ring (bicyclic) bond motifs is 1. The van der Waals surface area contributed by atoms with Gasteiger partial charge in [-0.05, 0) is 19.1 Å². The Morgan fingerprint density at radius 1 is 1.42 bits per heavy atom. The van der Waals surface area contributed by atoms with Gasteiger partial charge < -0.3 is 4.57 Å². The van der Waals surface area contributed by atoms with Crippen molar-refractivity contribution in [1.29, 1.82) is 0 Å². The van der Waals surface area contributed by atoms with Crippen LogP contribution in [0.15, 0.2) is 30.6 Å². The molecule has 2 rings (SSSR count). The molecule has 0 aliphatic carbocycles. The summed E-state index contributed by atoms with van der Waals surface area (Å²) in [6.07, 6.45) is 1.76. The molecular weight excluding hydrogens is 168 g/mol. The van der Waals surface area contributed by atoms with E-state index in [2.05, 4.69) is 24.5 Å². The fraction of sp³-hybridized carbons (Fsp3) is 0.111. The van der Waals surface area contributed by atoms with E-state index < -0.39 is 0 Å². The molecule has 0 bridgehead atoms. The summed E-state index contributed by atoms with van der Waals surface area (Å²) in [7, 11) is 0. The SMILES string of the molecule is [CH2]C(S)n1cnc2ccccc21. The van der Waals surface area contributed by atoms with Crippen molar-refractivity contribution in [2.75, 3.05) is 0 Å². The van der Waals surface area contributed by atoms with Crippen molar-refractivity contribution in [2.24, 2.45) is 0 Å². The molecule has 12 heavy (non-hydrogen) atoms. The number of aromatic nitrogens is 2. The standard InChI is InChI=1S/C9H9N2S/c1-7(12)11-6-10-8-4-2-3-5-9(8)11/h2-7,12H,1H2. The van der Waals surface area contributed by atoms with E-state index in [0.29, 0.717) is 0 Å². The van der Waals surface area contributed by atoms with Gasteiger partial charge in [0.1, 0.15) is 0 Å². The van der Waals surface area contributed by atoms with Crippen LogP contribution >= 0.6 is 12.6 Å². The first-order chi connectivity index (χ1) is 5.79. The first-order valence-corrected chi connectivity index (χ1v) is 4.23. The minimum atomic E-state index is -0.0719. The average Bonchev–Trinajstić information content (AvgIpc) is 2.47. The number of benzene rings is 1. The van der Waals surface area contributed by atoms with Gasteiger partial charge in [0, 0.05) is 0 Å². The second-order valence-corrected chi connectivity index (χ2v) is 3.22. The highest BCUT2D eigenvalue weighted by Gasteiger charge is 2.03. The van der Waals surface area contributed by atoms with Gasteiger partial charge in [0.15, 0.2) is 0 Å². The van der Waals surface area contributed by atoms with Crippen molar-refractivity contribution in [3.63, 3.8) is 0 Å². The fourth-order valence-electron chi connectivity index (χ4n) is 1.22. The Morgan fingerprint density at radius 3 is 2.92 bits per heavy atom. The minimum absolute atomic E-state index is 0.0719. The van der Waals surface area contributed by atoms with Crippen LogP contribution in [0.4, 0.5) is 0 Å². The van der Waals surface area contributed by atoms with Crippen LogP contribution in [0, 0.1) is 6.92 Å². The Kier molecular flexibility index (Phi) is 1.81. The third kappa shape index (κ3) is 1.10. The zero-order valence-electron chi connectivity index (χ0n) is 6.51. The van der Waals surface area contributed by atoms with Gasteiger partial charge in [-0.3, -0.25) is 0 Å². The van der Waals surface area contributed by atoms with E-state index in [1.54, 1.807) is 6.33 Å². The van der Waals surface area contributed by atoms with Crippen LogP contribution in [0.25, 0.3) is 11.0 Å². The summed E-state index contributed by atoms with van der Waals surface area (Å²) < 4.78 is 1.93. The number of nitrogens with zero attached hydrogens (tertiary/aromatic N) is 2. The molecule has 0 saturated heterocycles. The van der Waals surface area contributed by atoms with Gasteiger partial charge in [-0.2, -0.15) is 12.6 Å². The first kappa shape index (κ1) is 7.68. The van der Waals surface area contributed by atoms with E-state index in [0.717, 1.165) is 11.0 Å². The molecule has 2 nitrogen and oxygen atoms in total. The Labute approximate surface area is 76.6 Å². The molecule has 2 aromatic rings. The summed E-state index contributed by atoms with van der Waals surface area (Å²) in [5.41, 5.74) is 2.06. The van der Waals surface area contributed by atoms with E-state index in [4.69, 9.17) is 0 Å². The zero-order valence-corrected chi connectivity index (χ0v) is 7.41. The van der Waals surface area contributed by atoms with Gasteiger partial charge in [-0.25, -0.2) is 4.98 Å². The second kappa shape index (κ2) is 2.83. The van der Waals surface area contributed by atoms with Gasteiger partial charge in [0.25, 0.3) is 0 Å². The van der Waals surface area contributed by atoms with Crippen LogP contribution in [0.2, 0.25) is 0 Å². The Hall–Kier alpha value is -0.960. The summed E-state index contributed by atoms with van der Waals surface area (Å²) in [6, 6.07) is 7.94. The maximum Gasteiger partial charge on any atom is 0.0968 e. The molecule has 1 unspecified atom stereocenters. The summed E-state index contributed by atoms with van der Waals surface area (Å²) in [6.45, 7) is 3.82. The summed E-state index contributed by atoms with van der Waals surface area (Å²) in [4.78, 5) is 4.21. The van der Waals surface area contributed by atoms with Crippen molar-refractivity contribution >= 4 is 23.7 Å². The highest BCUT2D eigenvalue weighted by Crippen LogP contribution is 2.18. The molecule has 0 N–H and O–H groups in total. The monoisotopic (exact) mass is 177 g/mol. The molecule has 0 aliphatic rings. The zero-order chi connectivity index (χ0) is 8.55. The fourth-order valence-corrected chi connectivity index (χ4v) is 1.40. The van der Waals surface area contributed by atoms with E-state index in [1.165, 1.54) is 0 Å². The van der Waals surface area contributed by atoms with Crippen molar-refractivity contribution in [3.8, 4) is 0 Å². The quantitative estimate of drug-likeness (QED) is 0.662. The highest BCUT2D eigenvalue weighted by molar-refractivity contribution is 7.80. The van der Waals surface area contributed by atoms with Crippen LogP contribution in [0.3, 0.4) is 0 Å². The first-order valence-electron chi connectivity index (χ1n) is 3.72. The minimum Gasteiger partial charge on any atom is -0.318 e. The molecule has 3 heteroatoms. The molecule has 0 amide bonds. The predicted octanol–water partition coefficient (Wildman–Crippen LogP) is 2.30. The third-order valence-corrected chi connectivity index (χ3v) is 2.05. The van der Waals surface area contributed by atoms with Crippen LogP contribution in [0.1, 0.15) is 5.37 Å². The van der Waals surface area contributed by atoms with Crippen molar-refractivity contribution in [2.45, 2.75) is 5.37 Å². The van der Waals surface area contributed by atoms with Crippen molar-refractivity contribution in [3.05, 3.63) is 37.5 Å². The Balaban J connectivity index is 2.70. The van der Waals surface area contributed by atoms with Crippen LogP contribution < -0.4 is 0 Å². The molecule has 1 aromatic heterocycles. The Bertz CT molecular complexity index is 392. The van der Waals surface area contributed by atoms with Crippen LogP contribution in [0.5, 0.6) is 0 Å². The van der Waals surface area contributed by atoms with Gasteiger partial charge in [-0.1, -0.05) is 12.1 Å². The summed E-state index contributed by atoms with van der Waals surface area (Å²) in [5.74, 6) is 0. The van der Waals surface area contributed by atoms with E-state index in [-0.39, 0.29) is 5.37 Å². The number of hydrogen-bond acceptors (Lipinski definition) is 2. The third-order valence-electron chi connectivity index (χ3n) is 1.80. The average molecular weight is 177 g/mol. The lowest BCUT2D eigenvalue weighted by atomic mass is 10.3. The maximum absolute atomic E-state index is 4.24. The number of hydrogen-bond donors (Lipinski definition) is 1. The number of imidazole rings is 1. The van der Waals surface area contributed by atoms with Crippen LogP contribution in [-0.4, -0.2) is 9.55 Å². The van der Waals surface area contributed by atoms with E-state index in [9.17, 15) is 0 Å². The molecule has 0 spiro atoms. The van der Waals surface area contributed by atoms with Crippen molar-refractivity contribution < 1.29 is 0 Å². The Morgan fingerprint density at radius 2 is 2.17 bits per heavy atom. The van der Waals surface area contributed by atoms with E-state index >= 15 is 0 Å².